The number of benzene rings is 2. The maximum atomic E-state index is 13.4. The second-order valence-corrected chi connectivity index (χ2v) is 9.90. The Morgan fingerprint density at radius 3 is 2.72 bits per heavy atom. The fourth-order valence-corrected chi connectivity index (χ4v) is 6.38. The van der Waals surface area contributed by atoms with Gasteiger partial charge in [0.2, 0.25) is 0 Å². The van der Waals surface area contributed by atoms with Gasteiger partial charge in [0.1, 0.15) is 4.90 Å². The van der Waals surface area contributed by atoms with Crippen LogP contribution in [0.1, 0.15) is 48.5 Å². The Morgan fingerprint density at radius 2 is 1.93 bits per heavy atom. The molecule has 1 atom stereocenters. The summed E-state index contributed by atoms with van der Waals surface area (Å²) in [4.78, 5) is 15.0. The van der Waals surface area contributed by atoms with Crippen LogP contribution in [0.2, 0.25) is 5.02 Å². The molecule has 29 heavy (non-hydrogen) atoms. The van der Waals surface area contributed by atoms with E-state index in [2.05, 4.69) is 6.92 Å². The van der Waals surface area contributed by atoms with Gasteiger partial charge in [-0.05, 0) is 61.9 Å². The molecule has 1 saturated heterocycles. The van der Waals surface area contributed by atoms with Crippen molar-refractivity contribution in [1.82, 2.24) is 4.90 Å². The fraction of sp³-hybridized carbons (Fsp3) is 0.409. The average molecular weight is 433 g/mol. The van der Waals surface area contributed by atoms with Gasteiger partial charge in [0, 0.05) is 24.7 Å². The van der Waals surface area contributed by atoms with Crippen LogP contribution in [0.4, 0.5) is 5.69 Å². The Labute approximate surface area is 177 Å². The first-order valence-corrected chi connectivity index (χ1v) is 12.0. The third kappa shape index (κ3) is 3.64. The highest BCUT2D eigenvalue weighted by Gasteiger charge is 2.33. The van der Waals surface area contributed by atoms with Gasteiger partial charge >= 0.3 is 0 Å². The maximum Gasteiger partial charge on any atom is 0.265 e. The SMILES string of the molecule is CCC1CCCCN1C(=O)c1ccc(Cl)c(S(=O)(=O)N2CCc3ccccc32)c1. The first-order valence-electron chi connectivity index (χ1n) is 10.1. The second-order valence-electron chi connectivity index (χ2n) is 7.66. The number of nitrogens with zero attached hydrogens (tertiary/aromatic N) is 2. The molecule has 2 aromatic carbocycles. The number of para-hydroxylation sites is 1. The highest BCUT2D eigenvalue weighted by Crippen LogP contribution is 2.35. The zero-order valence-corrected chi connectivity index (χ0v) is 18.0. The van der Waals surface area contributed by atoms with E-state index in [1.54, 1.807) is 6.07 Å². The summed E-state index contributed by atoms with van der Waals surface area (Å²) in [6, 6.07) is 12.3. The van der Waals surface area contributed by atoms with Crippen LogP contribution in [-0.2, 0) is 16.4 Å². The van der Waals surface area contributed by atoms with Crippen molar-refractivity contribution in [2.24, 2.45) is 0 Å². The summed E-state index contributed by atoms with van der Waals surface area (Å²) in [5.74, 6) is -0.119. The first kappa shape index (κ1) is 20.2. The zero-order valence-electron chi connectivity index (χ0n) is 16.5. The molecule has 0 N–H and O–H groups in total. The van der Waals surface area contributed by atoms with Crippen molar-refractivity contribution in [3.8, 4) is 0 Å². The van der Waals surface area contributed by atoms with Crippen LogP contribution in [0.3, 0.4) is 0 Å². The van der Waals surface area contributed by atoms with Gasteiger partial charge in [0.15, 0.2) is 0 Å². The van der Waals surface area contributed by atoms with E-state index < -0.39 is 10.0 Å². The predicted molar refractivity (Wildman–Crippen MR) is 115 cm³/mol. The molecule has 1 amide bonds. The number of carbonyl (C=O) groups excluding carboxylic acids is 1. The van der Waals surface area contributed by atoms with Gasteiger partial charge in [0.05, 0.1) is 10.7 Å². The van der Waals surface area contributed by atoms with Crippen LogP contribution in [-0.4, -0.2) is 38.4 Å². The standard InChI is InChI=1S/C22H25ClN2O3S/c1-2-18-8-5-6-13-24(18)22(26)17-10-11-19(23)21(15-17)29(27,28)25-14-12-16-7-3-4-9-20(16)25/h3-4,7,9-11,15,18H,2,5-6,8,12-14H2,1H3. The number of rotatable bonds is 4. The molecule has 0 saturated carbocycles. The molecule has 2 heterocycles. The second kappa shape index (κ2) is 8.00. The van der Waals surface area contributed by atoms with Crippen molar-refractivity contribution in [3.05, 3.63) is 58.6 Å². The molecule has 2 aliphatic heterocycles. The van der Waals surface area contributed by atoms with Gasteiger partial charge in [-0.3, -0.25) is 9.10 Å². The Bertz CT molecular complexity index is 1040. The van der Waals surface area contributed by atoms with E-state index in [0.717, 1.165) is 31.2 Å². The minimum atomic E-state index is -3.86. The molecule has 4 rings (SSSR count). The van der Waals surface area contributed by atoms with E-state index in [1.165, 1.54) is 16.4 Å². The van der Waals surface area contributed by atoms with Crippen LogP contribution in [0.25, 0.3) is 0 Å². The number of carbonyl (C=O) groups is 1. The number of likely N-dealkylation sites (tertiary alicyclic amines) is 1. The topological polar surface area (TPSA) is 57.7 Å². The Hall–Kier alpha value is -2.05. The Kier molecular flexibility index (Phi) is 5.58. The lowest BCUT2D eigenvalue weighted by molar-refractivity contribution is 0.0608. The molecular weight excluding hydrogens is 408 g/mol. The third-order valence-electron chi connectivity index (χ3n) is 5.95. The largest absolute Gasteiger partial charge is 0.336 e. The van der Waals surface area contributed by atoms with Crippen molar-refractivity contribution >= 4 is 33.2 Å². The number of hydrogen-bond donors (Lipinski definition) is 0. The van der Waals surface area contributed by atoms with Crippen LogP contribution < -0.4 is 4.31 Å². The van der Waals surface area contributed by atoms with Crippen molar-refractivity contribution in [2.75, 3.05) is 17.4 Å². The summed E-state index contributed by atoms with van der Waals surface area (Å²) in [5, 5.41) is 0.136. The highest BCUT2D eigenvalue weighted by molar-refractivity contribution is 7.93. The number of fused-ring (bicyclic) bond motifs is 1. The number of halogens is 1. The molecular formula is C22H25ClN2O3S. The average Bonchev–Trinajstić information content (AvgIpc) is 3.18. The smallest absolute Gasteiger partial charge is 0.265 e. The summed E-state index contributed by atoms with van der Waals surface area (Å²) in [7, 11) is -3.86. The van der Waals surface area contributed by atoms with Crippen molar-refractivity contribution in [1.29, 1.82) is 0 Å². The summed E-state index contributed by atoms with van der Waals surface area (Å²) in [6.45, 7) is 3.17. The summed E-state index contributed by atoms with van der Waals surface area (Å²) < 4.78 is 28.2. The van der Waals surface area contributed by atoms with E-state index in [9.17, 15) is 13.2 Å². The van der Waals surface area contributed by atoms with E-state index in [1.807, 2.05) is 29.2 Å². The maximum absolute atomic E-state index is 13.4. The number of amides is 1. The summed E-state index contributed by atoms with van der Waals surface area (Å²) in [6.07, 6.45) is 4.65. The number of hydrogen-bond acceptors (Lipinski definition) is 3. The Morgan fingerprint density at radius 1 is 1.14 bits per heavy atom. The normalized spacial score (nSPS) is 19.3. The molecule has 2 aliphatic rings. The first-order chi connectivity index (χ1) is 13.9. The number of anilines is 1. The summed E-state index contributed by atoms with van der Waals surface area (Å²) in [5.41, 5.74) is 2.06. The molecule has 5 nitrogen and oxygen atoms in total. The van der Waals surface area contributed by atoms with Gasteiger partial charge in [-0.25, -0.2) is 8.42 Å². The number of sulfonamides is 1. The van der Waals surface area contributed by atoms with Crippen LogP contribution in [0.5, 0.6) is 0 Å². The van der Waals surface area contributed by atoms with E-state index in [-0.39, 0.29) is 21.9 Å². The van der Waals surface area contributed by atoms with Crippen molar-refractivity contribution in [2.45, 2.75) is 50.0 Å². The van der Waals surface area contributed by atoms with Crippen molar-refractivity contribution in [3.63, 3.8) is 0 Å². The quantitative estimate of drug-likeness (QED) is 0.714. The van der Waals surface area contributed by atoms with Gasteiger partial charge < -0.3 is 4.90 Å². The molecule has 1 fully saturated rings. The van der Waals surface area contributed by atoms with Crippen LogP contribution in [0.15, 0.2) is 47.4 Å². The van der Waals surface area contributed by atoms with E-state index in [4.69, 9.17) is 11.6 Å². The lowest BCUT2D eigenvalue weighted by atomic mass is 9.99. The lowest BCUT2D eigenvalue weighted by Crippen LogP contribution is -2.43. The number of piperidine rings is 1. The van der Waals surface area contributed by atoms with Gasteiger partial charge in [0.25, 0.3) is 15.9 Å². The van der Waals surface area contributed by atoms with Crippen LogP contribution >= 0.6 is 11.6 Å². The molecule has 154 valence electrons. The molecule has 0 spiro atoms. The van der Waals surface area contributed by atoms with Crippen LogP contribution in [0, 0.1) is 0 Å². The van der Waals surface area contributed by atoms with Gasteiger partial charge in [-0.15, -0.1) is 0 Å². The molecule has 0 bridgehead atoms. The molecule has 0 radical (unpaired) electrons. The zero-order chi connectivity index (χ0) is 20.6. The monoisotopic (exact) mass is 432 g/mol. The Balaban J connectivity index is 1.69. The molecule has 2 aromatic rings. The summed E-state index contributed by atoms with van der Waals surface area (Å²) >= 11 is 6.30. The predicted octanol–water partition coefficient (Wildman–Crippen LogP) is 4.50. The molecule has 1 unspecified atom stereocenters. The molecule has 7 heteroatoms. The minimum absolute atomic E-state index is 0.00761. The van der Waals surface area contributed by atoms with E-state index in [0.29, 0.717) is 30.8 Å². The van der Waals surface area contributed by atoms with Gasteiger partial charge in [-0.2, -0.15) is 0 Å². The van der Waals surface area contributed by atoms with Gasteiger partial charge in [-0.1, -0.05) is 36.7 Å². The lowest BCUT2D eigenvalue weighted by Gasteiger charge is -2.35. The highest BCUT2D eigenvalue weighted by atomic mass is 35.5. The molecule has 0 aromatic heterocycles. The van der Waals surface area contributed by atoms with E-state index >= 15 is 0 Å². The fourth-order valence-electron chi connectivity index (χ4n) is 4.37. The molecule has 0 aliphatic carbocycles. The minimum Gasteiger partial charge on any atom is -0.336 e. The van der Waals surface area contributed by atoms with Crippen molar-refractivity contribution < 1.29 is 13.2 Å². The third-order valence-corrected chi connectivity index (χ3v) is 8.24.